The topological polar surface area (TPSA) is 169 Å². The van der Waals surface area contributed by atoms with Gasteiger partial charge in [0.1, 0.15) is 11.5 Å². The van der Waals surface area contributed by atoms with E-state index in [1.54, 1.807) is 24.3 Å². The van der Waals surface area contributed by atoms with Crippen LogP contribution >= 0.6 is 46.4 Å². The van der Waals surface area contributed by atoms with Gasteiger partial charge in [-0.15, -0.1) is 0 Å². The zero-order chi connectivity index (χ0) is 30.8. The maximum atomic E-state index is 11.8. The summed E-state index contributed by atoms with van der Waals surface area (Å²) in [6.45, 7) is 0. The first-order valence-corrected chi connectivity index (χ1v) is 13.0. The molecular formula is C28H18Cl4MnN4O6. The number of hydrazone groups is 2. The van der Waals surface area contributed by atoms with Crippen molar-refractivity contribution in [1.29, 1.82) is 0 Å². The van der Waals surface area contributed by atoms with Crippen LogP contribution in [0.25, 0.3) is 0 Å². The van der Waals surface area contributed by atoms with Gasteiger partial charge in [0.15, 0.2) is 0 Å². The first kappa shape index (κ1) is 35.2. The Bertz CT molecular complexity index is 1560. The van der Waals surface area contributed by atoms with Crippen LogP contribution < -0.4 is 21.1 Å². The van der Waals surface area contributed by atoms with Gasteiger partial charge in [-0.25, -0.2) is 10.9 Å². The first-order valence-electron chi connectivity index (χ1n) is 11.5. The van der Waals surface area contributed by atoms with E-state index in [1.165, 1.54) is 48.5 Å². The van der Waals surface area contributed by atoms with Crippen LogP contribution in [0.1, 0.15) is 31.8 Å². The third-order valence-electron chi connectivity index (χ3n) is 5.11. The molecule has 4 N–H and O–H groups in total. The first-order chi connectivity index (χ1) is 20.0. The van der Waals surface area contributed by atoms with Gasteiger partial charge in [0, 0.05) is 20.1 Å². The Morgan fingerprint density at radius 2 is 1.00 bits per heavy atom. The Morgan fingerprint density at radius 3 is 1.35 bits per heavy atom. The molecule has 0 aliphatic rings. The fraction of sp³-hybridized carbons (Fsp3) is 0. The summed E-state index contributed by atoms with van der Waals surface area (Å²) in [5, 5.41) is 50.2. The van der Waals surface area contributed by atoms with Gasteiger partial charge in [-0.3, -0.25) is 9.59 Å². The minimum Gasteiger partial charge on any atom is -0.871 e. The van der Waals surface area contributed by atoms with Crippen molar-refractivity contribution >= 4 is 70.6 Å². The van der Waals surface area contributed by atoms with E-state index in [0.717, 1.165) is 12.4 Å². The molecule has 0 unspecified atom stereocenters. The third-order valence-corrected chi connectivity index (χ3v) is 6.11. The van der Waals surface area contributed by atoms with Gasteiger partial charge in [0.05, 0.1) is 23.6 Å². The zero-order valence-electron chi connectivity index (χ0n) is 21.4. The van der Waals surface area contributed by atoms with Crippen molar-refractivity contribution in [2.24, 2.45) is 10.2 Å². The average Bonchev–Trinajstić information content (AvgIpc) is 2.94. The number of hydrogen-bond acceptors (Lipinski definition) is 8. The van der Waals surface area contributed by atoms with Gasteiger partial charge in [0.25, 0.3) is 11.8 Å². The predicted molar refractivity (Wildman–Crippen MR) is 158 cm³/mol. The number of aromatic hydroxyl groups is 2. The molecule has 4 rings (SSSR count). The molecule has 0 bridgehead atoms. The van der Waals surface area contributed by atoms with Gasteiger partial charge in [0.2, 0.25) is 0 Å². The van der Waals surface area contributed by atoms with Crippen molar-refractivity contribution in [2.45, 2.75) is 0 Å². The van der Waals surface area contributed by atoms with Gasteiger partial charge < -0.3 is 20.4 Å². The standard InChI is InChI=1S/2C14H10Cl2N2O3.Mn/c2*15-9-5-8(13(20)11(16)6-9)7-17-18-14(21)10-3-1-2-4-12(10)19;/h2*1-7,19-20H,(H,18,21);/q;;+2/p-2/b2*17-7-;. The van der Waals surface area contributed by atoms with Gasteiger partial charge in [-0.2, -0.15) is 10.2 Å². The number of phenolic OH excluding ortho intramolecular Hbond substituents is 2. The van der Waals surface area contributed by atoms with E-state index in [1.807, 2.05) is 0 Å². The summed E-state index contributed by atoms with van der Waals surface area (Å²) in [5.74, 6) is -2.43. The number of hydrogen-bond donors (Lipinski definition) is 4. The molecule has 0 saturated carbocycles. The number of carbonyl (C=O) groups excluding carboxylic acids is 2. The number of rotatable bonds is 6. The Kier molecular flexibility index (Phi) is 13.6. The Labute approximate surface area is 275 Å². The molecule has 0 spiro atoms. The van der Waals surface area contributed by atoms with Crippen molar-refractivity contribution in [3.05, 3.63) is 115 Å². The van der Waals surface area contributed by atoms with E-state index < -0.39 is 23.3 Å². The normalized spacial score (nSPS) is 10.5. The van der Waals surface area contributed by atoms with E-state index in [4.69, 9.17) is 46.4 Å². The van der Waals surface area contributed by atoms with E-state index >= 15 is 0 Å². The molecule has 10 nitrogen and oxygen atoms in total. The van der Waals surface area contributed by atoms with Crippen LogP contribution in [-0.4, -0.2) is 34.5 Å². The summed E-state index contributed by atoms with van der Waals surface area (Å²) in [6, 6.07) is 17.4. The van der Waals surface area contributed by atoms with Gasteiger partial charge in [-0.1, -0.05) is 82.2 Å². The van der Waals surface area contributed by atoms with Crippen LogP contribution in [0.15, 0.2) is 83.0 Å². The minimum absolute atomic E-state index is 0. The van der Waals surface area contributed by atoms with Crippen LogP contribution in [-0.2, 0) is 17.1 Å². The Balaban J connectivity index is 0.000000293. The number of phenols is 2. The monoisotopic (exact) mass is 701 g/mol. The molecule has 0 aliphatic heterocycles. The summed E-state index contributed by atoms with van der Waals surface area (Å²) < 4.78 is 0. The zero-order valence-corrected chi connectivity index (χ0v) is 25.6. The van der Waals surface area contributed by atoms with E-state index in [9.17, 15) is 30.0 Å². The van der Waals surface area contributed by atoms with Crippen LogP contribution in [0.5, 0.6) is 23.0 Å². The largest absolute Gasteiger partial charge is 2.00 e. The van der Waals surface area contributed by atoms with Crippen LogP contribution in [0.4, 0.5) is 0 Å². The molecular weight excluding hydrogens is 685 g/mol. The number of nitrogens with zero attached hydrogens (tertiary/aromatic N) is 2. The van der Waals surface area contributed by atoms with Crippen molar-refractivity contribution in [1.82, 2.24) is 10.9 Å². The van der Waals surface area contributed by atoms with Crippen molar-refractivity contribution in [3.8, 4) is 23.0 Å². The number of para-hydroxylation sites is 2. The second kappa shape index (κ2) is 16.6. The van der Waals surface area contributed by atoms with E-state index in [2.05, 4.69) is 21.1 Å². The number of nitrogens with one attached hydrogen (secondary N) is 2. The smallest absolute Gasteiger partial charge is 0.871 e. The quantitative estimate of drug-likeness (QED) is 0.124. The number of amides is 2. The fourth-order valence-electron chi connectivity index (χ4n) is 3.12. The summed E-state index contributed by atoms with van der Waals surface area (Å²) in [4.78, 5) is 23.5. The number of carbonyl (C=O) groups is 2. The fourth-order valence-corrected chi connectivity index (χ4v) is 4.14. The molecule has 0 fully saturated rings. The molecule has 43 heavy (non-hydrogen) atoms. The molecule has 221 valence electrons. The summed E-state index contributed by atoms with van der Waals surface area (Å²) in [5.41, 5.74) is 4.83. The molecule has 15 heteroatoms. The molecule has 0 atom stereocenters. The molecule has 0 heterocycles. The van der Waals surface area contributed by atoms with Crippen LogP contribution in [0.3, 0.4) is 0 Å². The minimum atomic E-state index is -0.607. The summed E-state index contributed by atoms with van der Waals surface area (Å²) >= 11 is 22.9. The maximum Gasteiger partial charge on any atom is 2.00 e. The molecule has 0 aromatic heterocycles. The second-order valence-corrected chi connectivity index (χ2v) is 9.73. The van der Waals surface area contributed by atoms with Crippen molar-refractivity contribution in [3.63, 3.8) is 0 Å². The number of halogens is 4. The van der Waals surface area contributed by atoms with Crippen molar-refractivity contribution < 1.29 is 47.1 Å². The Morgan fingerprint density at radius 1 is 0.651 bits per heavy atom. The molecule has 4 aromatic rings. The molecule has 4 aromatic carbocycles. The SMILES string of the molecule is O=C(N/N=C\c1cc(Cl)cc(Cl)c1[O-])c1ccccc1O.O=C(N/N=C\c1cc(Cl)cc(Cl)c1[O-])c1ccccc1O.[Mn+2]. The average molecular weight is 703 g/mol. The van der Waals surface area contributed by atoms with Gasteiger partial charge in [-0.05, 0) is 59.7 Å². The predicted octanol–water partition coefficient (Wildman–Crippen LogP) is 5.07. The molecule has 0 aliphatic carbocycles. The molecule has 2 amide bonds. The summed E-state index contributed by atoms with van der Waals surface area (Å²) in [6.07, 6.45) is 2.27. The summed E-state index contributed by atoms with van der Waals surface area (Å²) in [7, 11) is 0. The molecule has 1 radical (unpaired) electrons. The van der Waals surface area contributed by atoms with Crippen LogP contribution in [0.2, 0.25) is 20.1 Å². The van der Waals surface area contributed by atoms with Crippen molar-refractivity contribution in [2.75, 3.05) is 0 Å². The second-order valence-electron chi connectivity index (χ2n) is 8.04. The maximum absolute atomic E-state index is 11.8. The number of benzene rings is 4. The molecule has 0 saturated heterocycles. The van der Waals surface area contributed by atoms with Crippen LogP contribution in [0, 0.1) is 0 Å². The van der Waals surface area contributed by atoms with E-state index in [0.29, 0.717) is 0 Å². The van der Waals surface area contributed by atoms with E-state index in [-0.39, 0.29) is 70.9 Å². The Hall–Kier alpha value is -3.96. The van der Waals surface area contributed by atoms with Gasteiger partial charge >= 0.3 is 17.1 Å². The third kappa shape index (κ3) is 10.1.